The van der Waals surface area contributed by atoms with Crippen molar-refractivity contribution in [2.45, 2.75) is 13.0 Å². The predicted octanol–water partition coefficient (Wildman–Crippen LogP) is 3.92. The Morgan fingerprint density at radius 1 is 1.18 bits per heavy atom. The lowest BCUT2D eigenvalue weighted by Crippen LogP contribution is -1.94. The van der Waals surface area contributed by atoms with Crippen LogP contribution in [0.1, 0.15) is 24.2 Å². The maximum Gasteiger partial charge on any atom is 0.0891 e. The molecule has 1 atom stereocenters. The highest BCUT2D eigenvalue weighted by atomic mass is 35.5. The molecule has 1 heterocycles. The normalized spacial score (nSPS) is 12.8. The van der Waals surface area contributed by atoms with Crippen molar-refractivity contribution in [3.8, 4) is 0 Å². The SMILES string of the molecule is CC(N=Cc1ccccc1Cl)c1ccccn1. The molecule has 2 aromatic rings. The van der Waals surface area contributed by atoms with Gasteiger partial charge in [-0.25, -0.2) is 0 Å². The van der Waals surface area contributed by atoms with Gasteiger partial charge in [-0.3, -0.25) is 9.98 Å². The standard InChI is InChI=1S/C14H13ClN2/c1-11(14-8-4-5-9-16-14)17-10-12-6-2-3-7-13(12)15/h2-11H,1H3. The van der Waals surface area contributed by atoms with E-state index >= 15 is 0 Å². The molecule has 0 fully saturated rings. The topological polar surface area (TPSA) is 25.2 Å². The Morgan fingerprint density at radius 3 is 2.65 bits per heavy atom. The first-order valence-corrected chi connectivity index (χ1v) is 5.84. The number of benzene rings is 1. The monoisotopic (exact) mass is 244 g/mol. The lowest BCUT2D eigenvalue weighted by molar-refractivity contribution is 0.787. The van der Waals surface area contributed by atoms with Crippen LogP contribution in [0.15, 0.2) is 53.7 Å². The van der Waals surface area contributed by atoms with E-state index in [4.69, 9.17) is 11.6 Å². The molecule has 0 N–H and O–H groups in total. The predicted molar refractivity (Wildman–Crippen MR) is 71.7 cm³/mol. The van der Waals surface area contributed by atoms with Gasteiger partial charge in [0.1, 0.15) is 0 Å². The molecule has 0 radical (unpaired) electrons. The summed E-state index contributed by atoms with van der Waals surface area (Å²) in [6.07, 6.45) is 3.57. The summed E-state index contributed by atoms with van der Waals surface area (Å²) in [6, 6.07) is 13.5. The Bertz CT molecular complexity index is 509. The molecule has 2 nitrogen and oxygen atoms in total. The quantitative estimate of drug-likeness (QED) is 0.752. The van der Waals surface area contributed by atoms with Crippen LogP contribution in [0.4, 0.5) is 0 Å². The summed E-state index contributed by atoms with van der Waals surface area (Å²) in [4.78, 5) is 8.72. The summed E-state index contributed by atoms with van der Waals surface area (Å²) >= 11 is 6.05. The van der Waals surface area contributed by atoms with E-state index in [1.807, 2.05) is 49.4 Å². The molecular formula is C14H13ClN2. The van der Waals surface area contributed by atoms with Crippen LogP contribution < -0.4 is 0 Å². The van der Waals surface area contributed by atoms with Crippen LogP contribution >= 0.6 is 11.6 Å². The van der Waals surface area contributed by atoms with Crippen molar-refractivity contribution in [1.82, 2.24) is 4.98 Å². The summed E-state index contributed by atoms with van der Waals surface area (Å²) < 4.78 is 0. The Labute approximate surface area is 106 Å². The highest BCUT2D eigenvalue weighted by Crippen LogP contribution is 2.16. The molecule has 17 heavy (non-hydrogen) atoms. The Balaban J connectivity index is 2.14. The molecule has 86 valence electrons. The van der Waals surface area contributed by atoms with Crippen molar-refractivity contribution in [3.05, 3.63) is 64.9 Å². The van der Waals surface area contributed by atoms with Crippen molar-refractivity contribution in [2.24, 2.45) is 4.99 Å². The highest BCUT2D eigenvalue weighted by Gasteiger charge is 2.02. The van der Waals surface area contributed by atoms with Crippen LogP contribution in [0.5, 0.6) is 0 Å². The molecule has 0 saturated heterocycles. The average molecular weight is 245 g/mol. The Morgan fingerprint density at radius 2 is 1.94 bits per heavy atom. The van der Waals surface area contributed by atoms with Crippen molar-refractivity contribution < 1.29 is 0 Å². The molecule has 0 aliphatic carbocycles. The second-order valence-electron chi connectivity index (χ2n) is 3.73. The number of rotatable bonds is 3. The lowest BCUT2D eigenvalue weighted by atomic mass is 10.2. The molecule has 0 aliphatic rings. The Hall–Kier alpha value is -1.67. The second-order valence-corrected chi connectivity index (χ2v) is 4.14. The van der Waals surface area contributed by atoms with E-state index in [-0.39, 0.29) is 6.04 Å². The summed E-state index contributed by atoms with van der Waals surface area (Å²) in [5, 5.41) is 0.712. The van der Waals surface area contributed by atoms with Gasteiger partial charge in [0, 0.05) is 23.0 Å². The fraction of sp³-hybridized carbons (Fsp3) is 0.143. The van der Waals surface area contributed by atoms with Gasteiger partial charge in [0.15, 0.2) is 0 Å². The number of halogens is 1. The average Bonchev–Trinajstić information content (AvgIpc) is 2.38. The maximum atomic E-state index is 6.05. The first-order chi connectivity index (χ1) is 8.27. The van der Waals surface area contributed by atoms with Gasteiger partial charge in [-0.2, -0.15) is 0 Å². The number of hydrogen-bond acceptors (Lipinski definition) is 2. The van der Waals surface area contributed by atoms with E-state index < -0.39 is 0 Å². The molecule has 0 spiro atoms. The van der Waals surface area contributed by atoms with Crippen LogP contribution in [0.2, 0.25) is 5.02 Å². The first kappa shape index (κ1) is 11.8. The lowest BCUT2D eigenvalue weighted by Gasteiger charge is -2.04. The minimum absolute atomic E-state index is 0.0347. The van der Waals surface area contributed by atoms with E-state index in [0.29, 0.717) is 5.02 Å². The third-order valence-corrected chi connectivity index (χ3v) is 2.80. The first-order valence-electron chi connectivity index (χ1n) is 5.46. The van der Waals surface area contributed by atoms with Gasteiger partial charge in [0.05, 0.1) is 11.7 Å². The van der Waals surface area contributed by atoms with Gasteiger partial charge in [-0.15, -0.1) is 0 Å². The zero-order chi connectivity index (χ0) is 12.1. The molecule has 1 unspecified atom stereocenters. The number of aromatic nitrogens is 1. The summed E-state index contributed by atoms with van der Waals surface area (Å²) in [6.45, 7) is 2.01. The van der Waals surface area contributed by atoms with E-state index in [1.54, 1.807) is 12.4 Å². The number of nitrogens with zero attached hydrogens (tertiary/aromatic N) is 2. The third-order valence-electron chi connectivity index (χ3n) is 2.46. The molecule has 1 aromatic heterocycles. The highest BCUT2D eigenvalue weighted by molar-refractivity contribution is 6.33. The third kappa shape index (κ3) is 3.14. The van der Waals surface area contributed by atoms with Gasteiger partial charge in [0.2, 0.25) is 0 Å². The van der Waals surface area contributed by atoms with Crippen LogP contribution in [0.3, 0.4) is 0 Å². The van der Waals surface area contributed by atoms with E-state index in [2.05, 4.69) is 9.98 Å². The maximum absolute atomic E-state index is 6.05. The fourth-order valence-corrected chi connectivity index (χ4v) is 1.66. The summed E-state index contributed by atoms with van der Waals surface area (Å²) in [7, 11) is 0. The Kier molecular flexibility index (Phi) is 3.89. The molecule has 3 heteroatoms. The van der Waals surface area contributed by atoms with Crippen LogP contribution in [0.25, 0.3) is 0 Å². The molecule has 0 aliphatic heterocycles. The second kappa shape index (κ2) is 5.60. The van der Waals surface area contributed by atoms with Gasteiger partial charge >= 0.3 is 0 Å². The van der Waals surface area contributed by atoms with Gasteiger partial charge in [-0.05, 0) is 25.1 Å². The molecule has 1 aromatic carbocycles. The minimum atomic E-state index is 0.0347. The van der Waals surface area contributed by atoms with Gasteiger partial charge in [0.25, 0.3) is 0 Å². The molecule has 0 bridgehead atoms. The number of hydrogen-bond donors (Lipinski definition) is 0. The smallest absolute Gasteiger partial charge is 0.0891 e. The van der Waals surface area contributed by atoms with E-state index in [9.17, 15) is 0 Å². The number of pyridine rings is 1. The largest absolute Gasteiger partial charge is 0.283 e. The number of aliphatic imine (C=N–C) groups is 1. The fourth-order valence-electron chi connectivity index (χ4n) is 1.47. The molecule has 0 amide bonds. The summed E-state index contributed by atoms with van der Waals surface area (Å²) in [5.41, 5.74) is 1.88. The van der Waals surface area contributed by atoms with Crippen molar-refractivity contribution in [3.63, 3.8) is 0 Å². The molecule has 2 rings (SSSR count). The zero-order valence-electron chi connectivity index (χ0n) is 9.55. The van der Waals surface area contributed by atoms with Crippen LogP contribution in [-0.4, -0.2) is 11.2 Å². The minimum Gasteiger partial charge on any atom is -0.283 e. The van der Waals surface area contributed by atoms with Crippen molar-refractivity contribution >= 4 is 17.8 Å². The van der Waals surface area contributed by atoms with Crippen molar-refractivity contribution in [1.29, 1.82) is 0 Å². The molecular weight excluding hydrogens is 232 g/mol. The molecule has 0 saturated carbocycles. The van der Waals surface area contributed by atoms with Crippen molar-refractivity contribution in [2.75, 3.05) is 0 Å². The summed E-state index contributed by atoms with van der Waals surface area (Å²) in [5.74, 6) is 0. The van der Waals surface area contributed by atoms with E-state index in [1.165, 1.54) is 0 Å². The van der Waals surface area contributed by atoms with E-state index in [0.717, 1.165) is 11.3 Å². The van der Waals surface area contributed by atoms with Gasteiger partial charge < -0.3 is 0 Å². The zero-order valence-corrected chi connectivity index (χ0v) is 10.3. The van der Waals surface area contributed by atoms with Crippen LogP contribution in [-0.2, 0) is 0 Å². The van der Waals surface area contributed by atoms with Gasteiger partial charge in [-0.1, -0.05) is 35.9 Å². The van der Waals surface area contributed by atoms with Crippen LogP contribution in [0, 0.1) is 0 Å².